The van der Waals surface area contributed by atoms with Crippen molar-refractivity contribution in [3.8, 4) is 0 Å². The first kappa shape index (κ1) is 13.4. The van der Waals surface area contributed by atoms with Gasteiger partial charge in [-0.3, -0.25) is 10.1 Å². The third kappa shape index (κ3) is 2.31. The number of hydrogen-bond donors (Lipinski definition) is 1. The first-order valence-corrected chi connectivity index (χ1v) is 6.93. The van der Waals surface area contributed by atoms with Crippen LogP contribution in [0.2, 0.25) is 0 Å². The standard InChI is InChI=1S/C16H17N3O2/c1-11-4-2-7-15(16(11)19(20)21)18-9-8-13-12(10-18)5-3-6-14(13)17/h2-7H,8-10,17H2,1H3. The van der Waals surface area contributed by atoms with Crippen molar-refractivity contribution in [1.82, 2.24) is 0 Å². The number of para-hydroxylation sites is 1. The molecule has 0 atom stereocenters. The second kappa shape index (κ2) is 5.09. The molecule has 2 aromatic rings. The Morgan fingerprint density at radius 3 is 2.76 bits per heavy atom. The molecule has 0 aromatic heterocycles. The number of nitrogens with zero attached hydrogens (tertiary/aromatic N) is 2. The summed E-state index contributed by atoms with van der Waals surface area (Å²) in [5.41, 5.74) is 10.7. The average Bonchev–Trinajstić information content (AvgIpc) is 2.46. The Labute approximate surface area is 123 Å². The van der Waals surface area contributed by atoms with Gasteiger partial charge < -0.3 is 10.6 Å². The summed E-state index contributed by atoms with van der Waals surface area (Å²) in [5, 5.41) is 11.3. The molecule has 5 heteroatoms. The van der Waals surface area contributed by atoms with Crippen molar-refractivity contribution in [1.29, 1.82) is 0 Å². The number of hydrogen-bond acceptors (Lipinski definition) is 4. The third-order valence-electron chi connectivity index (χ3n) is 4.04. The van der Waals surface area contributed by atoms with Gasteiger partial charge in [0, 0.05) is 24.3 Å². The molecule has 5 nitrogen and oxygen atoms in total. The van der Waals surface area contributed by atoms with Gasteiger partial charge in [-0.15, -0.1) is 0 Å². The van der Waals surface area contributed by atoms with E-state index in [1.165, 1.54) is 5.56 Å². The first-order valence-electron chi connectivity index (χ1n) is 6.93. The maximum atomic E-state index is 11.3. The van der Waals surface area contributed by atoms with Gasteiger partial charge in [0.1, 0.15) is 5.69 Å². The minimum atomic E-state index is -0.292. The van der Waals surface area contributed by atoms with E-state index in [9.17, 15) is 10.1 Å². The highest BCUT2D eigenvalue weighted by atomic mass is 16.6. The molecule has 2 aromatic carbocycles. The van der Waals surface area contributed by atoms with Gasteiger partial charge in [0.2, 0.25) is 0 Å². The van der Waals surface area contributed by atoms with Crippen LogP contribution in [0.5, 0.6) is 0 Å². The van der Waals surface area contributed by atoms with Crippen LogP contribution in [0.15, 0.2) is 36.4 Å². The normalized spacial score (nSPS) is 13.9. The van der Waals surface area contributed by atoms with E-state index < -0.39 is 0 Å². The lowest BCUT2D eigenvalue weighted by Crippen LogP contribution is -2.31. The first-order chi connectivity index (χ1) is 10.1. The number of nitro benzene ring substituents is 1. The van der Waals surface area contributed by atoms with Gasteiger partial charge in [0.15, 0.2) is 0 Å². The fourth-order valence-corrected chi connectivity index (χ4v) is 2.98. The van der Waals surface area contributed by atoms with Crippen LogP contribution >= 0.6 is 0 Å². The molecule has 0 radical (unpaired) electrons. The van der Waals surface area contributed by atoms with E-state index in [4.69, 9.17) is 5.73 Å². The number of rotatable bonds is 2. The van der Waals surface area contributed by atoms with E-state index in [-0.39, 0.29) is 10.6 Å². The van der Waals surface area contributed by atoms with Gasteiger partial charge in [0.05, 0.1) is 4.92 Å². The molecule has 0 spiro atoms. The average molecular weight is 283 g/mol. The van der Waals surface area contributed by atoms with Crippen molar-refractivity contribution in [2.24, 2.45) is 0 Å². The predicted octanol–water partition coefficient (Wildman–Crippen LogP) is 3.05. The summed E-state index contributed by atoms with van der Waals surface area (Å²) in [6, 6.07) is 11.3. The van der Waals surface area contributed by atoms with Crippen molar-refractivity contribution >= 4 is 17.1 Å². The van der Waals surface area contributed by atoms with Crippen LogP contribution < -0.4 is 10.6 Å². The quantitative estimate of drug-likeness (QED) is 0.522. The van der Waals surface area contributed by atoms with Crippen LogP contribution in [0, 0.1) is 17.0 Å². The molecular formula is C16H17N3O2. The van der Waals surface area contributed by atoms with Gasteiger partial charge in [-0.05, 0) is 36.6 Å². The maximum Gasteiger partial charge on any atom is 0.295 e. The summed E-state index contributed by atoms with van der Waals surface area (Å²) >= 11 is 0. The molecule has 1 heterocycles. The third-order valence-corrected chi connectivity index (χ3v) is 4.04. The maximum absolute atomic E-state index is 11.3. The number of fused-ring (bicyclic) bond motifs is 1. The molecule has 0 saturated carbocycles. The number of nitrogens with two attached hydrogens (primary N) is 1. The molecular weight excluding hydrogens is 266 g/mol. The Hall–Kier alpha value is -2.56. The zero-order valence-electron chi connectivity index (χ0n) is 11.9. The fourth-order valence-electron chi connectivity index (χ4n) is 2.98. The van der Waals surface area contributed by atoms with Gasteiger partial charge in [-0.25, -0.2) is 0 Å². The topological polar surface area (TPSA) is 72.4 Å². The smallest absolute Gasteiger partial charge is 0.295 e. The summed E-state index contributed by atoms with van der Waals surface area (Å²) in [6.45, 7) is 3.17. The van der Waals surface area contributed by atoms with Crippen LogP contribution in [0.25, 0.3) is 0 Å². The second-order valence-corrected chi connectivity index (χ2v) is 5.36. The number of nitrogen functional groups attached to an aromatic ring is 1. The molecule has 2 N–H and O–H groups in total. The summed E-state index contributed by atoms with van der Waals surface area (Å²) in [4.78, 5) is 13.1. The molecule has 0 unspecified atom stereocenters. The van der Waals surface area contributed by atoms with E-state index in [2.05, 4.69) is 4.90 Å². The highest BCUT2D eigenvalue weighted by molar-refractivity contribution is 5.68. The zero-order valence-corrected chi connectivity index (χ0v) is 11.9. The largest absolute Gasteiger partial charge is 0.398 e. The van der Waals surface area contributed by atoms with Crippen molar-refractivity contribution in [2.75, 3.05) is 17.2 Å². The minimum Gasteiger partial charge on any atom is -0.398 e. The Bertz CT molecular complexity index is 713. The molecule has 3 rings (SSSR count). The Morgan fingerprint density at radius 1 is 1.24 bits per heavy atom. The van der Waals surface area contributed by atoms with Gasteiger partial charge in [0.25, 0.3) is 5.69 Å². The van der Waals surface area contributed by atoms with E-state index in [1.807, 2.05) is 30.3 Å². The van der Waals surface area contributed by atoms with Crippen molar-refractivity contribution < 1.29 is 4.92 Å². The fraction of sp³-hybridized carbons (Fsp3) is 0.250. The zero-order chi connectivity index (χ0) is 15.0. The van der Waals surface area contributed by atoms with Crippen molar-refractivity contribution in [2.45, 2.75) is 19.9 Å². The summed E-state index contributed by atoms with van der Waals surface area (Å²) < 4.78 is 0. The van der Waals surface area contributed by atoms with Crippen LogP contribution in [-0.4, -0.2) is 11.5 Å². The SMILES string of the molecule is Cc1cccc(N2CCc3c(N)cccc3C2)c1[N+](=O)[O-]. The molecule has 0 amide bonds. The van der Waals surface area contributed by atoms with E-state index in [1.54, 1.807) is 13.0 Å². The molecule has 21 heavy (non-hydrogen) atoms. The van der Waals surface area contributed by atoms with E-state index >= 15 is 0 Å². The van der Waals surface area contributed by atoms with Crippen LogP contribution in [0.4, 0.5) is 17.1 Å². The predicted molar refractivity (Wildman–Crippen MR) is 83.4 cm³/mol. The lowest BCUT2D eigenvalue weighted by molar-refractivity contribution is -0.384. The van der Waals surface area contributed by atoms with Crippen LogP contribution in [-0.2, 0) is 13.0 Å². The summed E-state index contributed by atoms with van der Waals surface area (Å²) in [5.74, 6) is 0. The number of anilines is 2. The second-order valence-electron chi connectivity index (χ2n) is 5.36. The molecule has 1 aliphatic heterocycles. The van der Waals surface area contributed by atoms with Gasteiger partial charge in [-0.2, -0.15) is 0 Å². The highest BCUT2D eigenvalue weighted by Crippen LogP contribution is 2.35. The van der Waals surface area contributed by atoms with Crippen molar-refractivity contribution in [3.63, 3.8) is 0 Å². The Balaban J connectivity index is 2.01. The van der Waals surface area contributed by atoms with E-state index in [0.29, 0.717) is 17.8 Å². The number of nitro groups is 1. The molecule has 0 fully saturated rings. The number of aryl methyl sites for hydroxylation is 1. The summed E-state index contributed by atoms with van der Waals surface area (Å²) in [6.07, 6.45) is 0.813. The van der Waals surface area contributed by atoms with Gasteiger partial charge in [-0.1, -0.05) is 24.3 Å². The molecule has 1 aliphatic rings. The lowest BCUT2D eigenvalue weighted by Gasteiger charge is -2.31. The lowest BCUT2D eigenvalue weighted by atomic mass is 9.97. The monoisotopic (exact) mass is 283 g/mol. The Morgan fingerprint density at radius 2 is 2.00 bits per heavy atom. The molecule has 108 valence electrons. The minimum absolute atomic E-state index is 0.199. The molecule has 0 aliphatic carbocycles. The Kier molecular flexibility index (Phi) is 3.25. The number of benzene rings is 2. The molecule has 0 saturated heterocycles. The molecule has 0 bridgehead atoms. The van der Waals surface area contributed by atoms with Crippen LogP contribution in [0.1, 0.15) is 16.7 Å². The highest BCUT2D eigenvalue weighted by Gasteiger charge is 2.25. The van der Waals surface area contributed by atoms with E-state index in [0.717, 1.165) is 24.2 Å². The summed E-state index contributed by atoms with van der Waals surface area (Å²) in [7, 11) is 0. The van der Waals surface area contributed by atoms with Crippen LogP contribution in [0.3, 0.4) is 0 Å². The van der Waals surface area contributed by atoms with Crippen molar-refractivity contribution in [3.05, 3.63) is 63.2 Å². The van der Waals surface area contributed by atoms with Gasteiger partial charge >= 0.3 is 0 Å².